The van der Waals surface area contributed by atoms with E-state index in [0.717, 1.165) is 5.56 Å². The van der Waals surface area contributed by atoms with Gasteiger partial charge in [-0.15, -0.1) is 0 Å². The lowest BCUT2D eigenvalue weighted by Crippen LogP contribution is -2.17. The Morgan fingerprint density at radius 1 is 1.60 bits per heavy atom. The van der Waals surface area contributed by atoms with E-state index in [9.17, 15) is 9.18 Å². The van der Waals surface area contributed by atoms with Gasteiger partial charge in [0.2, 0.25) is 0 Å². The second-order valence-corrected chi connectivity index (χ2v) is 4.04. The Hall–Kier alpha value is -1.23. The Kier molecular flexibility index (Phi) is 2.56. The van der Waals surface area contributed by atoms with Gasteiger partial charge in [-0.3, -0.25) is 9.20 Å². The highest BCUT2D eigenvalue weighted by Gasteiger charge is 2.09. The molecule has 0 amide bonds. The number of pyridine rings is 1. The molecule has 0 aliphatic rings. The molecule has 5 heteroatoms. The molecule has 2 aromatic rings. The quantitative estimate of drug-likeness (QED) is 0.797. The lowest BCUT2D eigenvalue weighted by Gasteiger charge is -2.04. The van der Waals surface area contributed by atoms with Crippen LogP contribution in [0.15, 0.2) is 27.6 Å². The number of fused-ring (bicyclic) bond motifs is 1. The zero-order valence-electron chi connectivity index (χ0n) is 8.00. The van der Waals surface area contributed by atoms with Gasteiger partial charge in [0.05, 0.1) is 5.69 Å². The first-order valence-electron chi connectivity index (χ1n) is 4.37. The van der Waals surface area contributed by atoms with E-state index in [1.165, 1.54) is 4.40 Å². The van der Waals surface area contributed by atoms with Crippen molar-refractivity contribution in [3.8, 4) is 0 Å². The summed E-state index contributed by atoms with van der Waals surface area (Å²) in [5.74, 6) is 0. The fraction of sp³-hybridized carbons (Fsp3) is 0.200. The van der Waals surface area contributed by atoms with Gasteiger partial charge in [-0.2, -0.15) is 0 Å². The first kappa shape index (κ1) is 10.3. The minimum absolute atomic E-state index is 0.144. The average molecular weight is 271 g/mol. The molecule has 2 heterocycles. The minimum Gasteiger partial charge on any atom is -0.268 e. The Balaban J connectivity index is 2.91. The third-order valence-electron chi connectivity index (χ3n) is 2.13. The molecule has 0 fully saturated rings. The molecule has 2 rings (SSSR count). The smallest absolute Gasteiger partial charge is 0.268 e. The summed E-state index contributed by atoms with van der Waals surface area (Å²) in [4.78, 5) is 15.8. The molecule has 0 aliphatic carbocycles. The summed E-state index contributed by atoms with van der Waals surface area (Å²) < 4.78 is 14.1. The van der Waals surface area contributed by atoms with Gasteiger partial charge in [0.1, 0.15) is 16.8 Å². The van der Waals surface area contributed by atoms with E-state index in [4.69, 9.17) is 0 Å². The Bertz CT molecular complexity index is 579. The molecule has 0 spiro atoms. The van der Waals surface area contributed by atoms with Crippen molar-refractivity contribution >= 4 is 21.6 Å². The van der Waals surface area contributed by atoms with Crippen LogP contribution in [0.1, 0.15) is 11.3 Å². The van der Waals surface area contributed by atoms with Crippen molar-refractivity contribution in [1.29, 1.82) is 0 Å². The van der Waals surface area contributed by atoms with Crippen molar-refractivity contribution in [3.63, 3.8) is 0 Å². The molecule has 0 unspecified atom stereocenters. The van der Waals surface area contributed by atoms with Gasteiger partial charge in [-0.1, -0.05) is 0 Å². The minimum atomic E-state index is -0.750. The van der Waals surface area contributed by atoms with E-state index in [0.29, 0.717) is 5.65 Å². The molecule has 0 aromatic carbocycles. The van der Waals surface area contributed by atoms with Crippen LogP contribution in [0.2, 0.25) is 0 Å². The molecule has 15 heavy (non-hydrogen) atoms. The second kappa shape index (κ2) is 3.73. The standard InChI is InChI=1S/C10H8BrFN2O/c1-6-2-3-14-8(4-6)13-7(5-12)9(11)10(14)15/h2-4H,5H2,1H3. The van der Waals surface area contributed by atoms with Crippen LogP contribution in [0.3, 0.4) is 0 Å². The van der Waals surface area contributed by atoms with Crippen LogP contribution in [0.25, 0.3) is 5.65 Å². The molecule has 0 saturated heterocycles. The number of hydrogen-bond donors (Lipinski definition) is 0. The second-order valence-electron chi connectivity index (χ2n) is 3.24. The topological polar surface area (TPSA) is 34.4 Å². The van der Waals surface area contributed by atoms with Gasteiger partial charge in [-0.25, -0.2) is 9.37 Å². The number of aromatic nitrogens is 2. The first-order chi connectivity index (χ1) is 7.13. The Morgan fingerprint density at radius 2 is 2.33 bits per heavy atom. The highest BCUT2D eigenvalue weighted by Crippen LogP contribution is 2.12. The summed E-state index contributed by atoms with van der Waals surface area (Å²) in [7, 11) is 0. The van der Waals surface area contributed by atoms with Gasteiger partial charge in [-0.05, 0) is 40.5 Å². The Morgan fingerprint density at radius 3 is 3.00 bits per heavy atom. The number of rotatable bonds is 1. The van der Waals surface area contributed by atoms with Crippen LogP contribution in [0.4, 0.5) is 4.39 Å². The summed E-state index contributed by atoms with van der Waals surface area (Å²) in [6, 6.07) is 3.55. The van der Waals surface area contributed by atoms with Gasteiger partial charge in [0, 0.05) is 6.20 Å². The first-order valence-corrected chi connectivity index (χ1v) is 5.16. The molecule has 3 nitrogen and oxygen atoms in total. The number of nitrogens with zero attached hydrogens (tertiary/aromatic N) is 2. The summed E-state index contributed by atoms with van der Waals surface area (Å²) in [6.07, 6.45) is 1.63. The fourth-order valence-corrected chi connectivity index (χ4v) is 1.74. The van der Waals surface area contributed by atoms with Crippen LogP contribution in [-0.2, 0) is 6.67 Å². The molecule has 0 saturated carbocycles. The molecule has 0 radical (unpaired) electrons. The van der Waals surface area contributed by atoms with Crippen molar-refractivity contribution in [2.75, 3.05) is 0 Å². The predicted molar refractivity (Wildman–Crippen MR) is 58.7 cm³/mol. The summed E-state index contributed by atoms with van der Waals surface area (Å²) in [5.41, 5.74) is 1.31. The molecular formula is C10H8BrFN2O. The number of aryl methyl sites for hydroxylation is 1. The highest BCUT2D eigenvalue weighted by atomic mass is 79.9. The Labute approximate surface area is 93.7 Å². The van der Waals surface area contributed by atoms with Gasteiger partial charge in [0.15, 0.2) is 0 Å². The zero-order chi connectivity index (χ0) is 11.0. The van der Waals surface area contributed by atoms with Crippen molar-refractivity contribution in [1.82, 2.24) is 9.38 Å². The van der Waals surface area contributed by atoms with Crippen molar-refractivity contribution in [2.24, 2.45) is 0 Å². The maximum atomic E-state index is 12.6. The zero-order valence-corrected chi connectivity index (χ0v) is 9.58. The van der Waals surface area contributed by atoms with Gasteiger partial charge in [0.25, 0.3) is 5.56 Å². The summed E-state index contributed by atoms with van der Waals surface area (Å²) in [5, 5.41) is 0. The molecular weight excluding hydrogens is 263 g/mol. The molecule has 0 bridgehead atoms. The average Bonchev–Trinajstić information content (AvgIpc) is 2.23. The van der Waals surface area contributed by atoms with Crippen LogP contribution in [0.5, 0.6) is 0 Å². The van der Waals surface area contributed by atoms with Crippen LogP contribution in [-0.4, -0.2) is 9.38 Å². The van der Waals surface area contributed by atoms with Gasteiger partial charge >= 0.3 is 0 Å². The van der Waals surface area contributed by atoms with E-state index in [1.807, 2.05) is 6.92 Å². The maximum Gasteiger partial charge on any atom is 0.272 e. The lowest BCUT2D eigenvalue weighted by molar-refractivity contribution is 0.474. The number of alkyl halides is 1. The van der Waals surface area contributed by atoms with E-state index in [2.05, 4.69) is 20.9 Å². The van der Waals surface area contributed by atoms with Crippen molar-refractivity contribution in [2.45, 2.75) is 13.6 Å². The van der Waals surface area contributed by atoms with E-state index >= 15 is 0 Å². The maximum absolute atomic E-state index is 12.6. The van der Waals surface area contributed by atoms with E-state index < -0.39 is 6.67 Å². The fourth-order valence-electron chi connectivity index (χ4n) is 1.35. The largest absolute Gasteiger partial charge is 0.272 e. The number of halogens is 2. The molecule has 0 N–H and O–H groups in total. The van der Waals surface area contributed by atoms with Crippen LogP contribution < -0.4 is 5.56 Å². The lowest BCUT2D eigenvalue weighted by atomic mass is 10.3. The molecule has 78 valence electrons. The van der Waals surface area contributed by atoms with Crippen molar-refractivity contribution in [3.05, 3.63) is 44.4 Å². The molecule has 0 aliphatic heterocycles. The third kappa shape index (κ3) is 1.67. The van der Waals surface area contributed by atoms with Gasteiger partial charge < -0.3 is 0 Å². The molecule has 2 aromatic heterocycles. The summed E-state index contributed by atoms with van der Waals surface area (Å²) >= 11 is 3.04. The van der Waals surface area contributed by atoms with E-state index in [1.54, 1.807) is 18.3 Å². The predicted octanol–water partition coefficient (Wildman–Crippen LogP) is 2.23. The molecule has 0 atom stereocenters. The van der Waals surface area contributed by atoms with Crippen LogP contribution in [0, 0.1) is 6.92 Å². The van der Waals surface area contributed by atoms with Crippen molar-refractivity contribution < 1.29 is 4.39 Å². The monoisotopic (exact) mass is 270 g/mol. The van der Waals surface area contributed by atoms with Crippen LogP contribution >= 0.6 is 15.9 Å². The summed E-state index contributed by atoms with van der Waals surface area (Å²) in [6.45, 7) is 1.14. The SMILES string of the molecule is Cc1ccn2c(=O)c(Br)c(CF)nc2c1. The number of hydrogen-bond acceptors (Lipinski definition) is 2. The third-order valence-corrected chi connectivity index (χ3v) is 2.92. The van der Waals surface area contributed by atoms with E-state index in [-0.39, 0.29) is 15.7 Å². The highest BCUT2D eigenvalue weighted by molar-refractivity contribution is 9.10. The normalized spacial score (nSPS) is 10.9.